The molecule has 1 aliphatic carbocycles. The van der Waals surface area contributed by atoms with Crippen molar-refractivity contribution in [2.24, 2.45) is 0 Å². The van der Waals surface area contributed by atoms with E-state index in [1.807, 2.05) is 11.8 Å². The third-order valence-corrected chi connectivity index (χ3v) is 5.35. The first-order valence-corrected chi connectivity index (χ1v) is 9.58. The number of hydrogen-bond acceptors (Lipinski definition) is 3. The highest BCUT2D eigenvalue weighted by molar-refractivity contribution is 7.99. The molecular weight excluding hydrogens is 278 g/mol. The lowest BCUT2D eigenvalue weighted by molar-refractivity contribution is 0.306. The third kappa shape index (κ3) is 5.91. The molecule has 0 spiro atoms. The smallest absolute Gasteiger partial charge is 0.119 e. The summed E-state index contributed by atoms with van der Waals surface area (Å²) in [7, 11) is 0. The maximum Gasteiger partial charge on any atom is 0.119 e. The Balaban J connectivity index is 1.67. The van der Waals surface area contributed by atoms with E-state index >= 15 is 0 Å². The average Bonchev–Trinajstić information content (AvgIpc) is 2.99. The van der Waals surface area contributed by atoms with E-state index < -0.39 is 0 Å². The van der Waals surface area contributed by atoms with Crippen molar-refractivity contribution in [1.29, 1.82) is 0 Å². The summed E-state index contributed by atoms with van der Waals surface area (Å²) in [4.78, 5) is 0. The molecule has 0 amide bonds. The standard InChI is InChI=1S/C18H29NOS/c1-3-4-5-12-20-17-9-6-15(7-10-17)14-19-16-8-11-18(13-16)21-2/h6-7,9-10,16,18-19H,3-5,8,11-14H2,1-2H3. The highest BCUT2D eigenvalue weighted by atomic mass is 32.2. The fourth-order valence-corrected chi connectivity index (χ4v) is 3.64. The van der Waals surface area contributed by atoms with Crippen molar-refractivity contribution in [3.05, 3.63) is 29.8 Å². The summed E-state index contributed by atoms with van der Waals surface area (Å²) < 4.78 is 5.75. The molecule has 0 aliphatic heterocycles. The first-order chi connectivity index (χ1) is 10.3. The highest BCUT2D eigenvalue weighted by Gasteiger charge is 2.23. The Morgan fingerprint density at radius 2 is 2.00 bits per heavy atom. The van der Waals surface area contributed by atoms with Crippen LogP contribution in [0.1, 0.15) is 51.0 Å². The Morgan fingerprint density at radius 1 is 1.19 bits per heavy atom. The van der Waals surface area contributed by atoms with Gasteiger partial charge in [-0.05, 0) is 49.6 Å². The van der Waals surface area contributed by atoms with E-state index in [-0.39, 0.29) is 0 Å². The molecule has 1 saturated carbocycles. The number of rotatable bonds is 9. The molecule has 2 unspecified atom stereocenters. The van der Waals surface area contributed by atoms with Crippen LogP contribution in [0.3, 0.4) is 0 Å². The Bertz CT molecular complexity index is 393. The molecule has 0 saturated heterocycles. The van der Waals surface area contributed by atoms with Crippen molar-refractivity contribution in [1.82, 2.24) is 5.32 Å². The predicted molar refractivity (Wildman–Crippen MR) is 93.2 cm³/mol. The van der Waals surface area contributed by atoms with Gasteiger partial charge < -0.3 is 10.1 Å². The molecule has 0 aromatic heterocycles. The molecule has 118 valence electrons. The van der Waals surface area contributed by atoms with Crippen LogP contribution < -0.4 is 10.1 Å². The van der Waals surface area contributed by atoms with Gasteiger partial charge in [0.15, 0.2) is 0 Å². The van der Waals surface area contributed by atoms with Gasteiger partial charge in [0.05, 0.1) is 6.61 Å². The Labute approximate surface area is 134 Å². The maximum atomic E-state index is 5.75. The molecule has 21 heavy (non-hydrogen) atoms. The molecule has 0 heterocycles. The molecular formula is C18H29NOS. The van der Waals surface area contributed by atoms with Gasteiger partial charge in [-0.2, -0.15) is 11.8 Å². The molecule has 3 heteroatoms. The summed E-state index contributed by atoms with van der Waals surface area (Å²) >= 11 is 2.01. The van der Waals surface area contributed by atoms with Crippen LogP contribution >= 0.6 is 11.8 Å². The molecule has 1 aromatic rings. The number of ether oxygens (including phenoxy) is 1. The van der Waals surface area contributed by atoms with Gasteiger partial charge in [0.25, 0.3) is 0 Å². The quantitative estimate of drug-likeness (QED) is 0.672. The third-order valence-electron chi connectivity index (χ3n) is 4.25. The number of nitrogens with one attached hydrogen (secondary N) is 1. The van der Waals surface area contributed by atoms with Crippen molar-refractivity contribution >= 4 is 11.8 Å². The maximum absolute atomic E-state index is 5.75. The van der Waals surface area contributed by atoms with E-state index in [2.05, 4.69) is 42.8 Å². The fraction of sp³-hybridized carbons (Fsp3) is 0.667. The summed E-state index contributed by atoms with van der Waals surface area (Å²) in [6.45, 7) is 4.03. The van der Waals surface area contributed by atoms with Crippen LogP contribution in [0.2, 0.25) is 0 Å². The monoisotopic (exact) mass is 307 g/mol. The van der Waals surface area contributed by atoms with Crippen LogP contribution in [0.4, 0.5) is 0 Å². The van der Waals surface area contributed by atoms with E-state index in [0.717, 1.165) is 30.6 Å². The molecule has 0 radical (unpaired) electrons. The first kappa shape index (κ1) is 16.7. The van der Waals surface area contributed by atoms with E-state index in [0.29, 0.717) is 6.04 Å². The second-order valence-corrected chi connectivity index (χ2v) is 7.09. The lowest BCUT2D eigenvalue weighted by atomic mass is 10.2. The molecule has 1 N–H and O–H groups in total. The zero-order valence-corrected chi connectivity index (χ0v) is 14.3. The molecule has 2 atom stereocenters. The van der Waals surface area contributed by atoms with Gasteiger partial charge in [-0.15, -0.1) is 0 Å². The lowest BCUT2D eigenvalue weighted by Gasteiger charge is -2.13. The van der Waals surface area contributed by atoms with E-state index in [1.54, 1.807) is 0 Å². The minimum atomic E-state index is 0.701. The Morgan fingerprint density at radius 3 is 2.67 bits per heavy atom. The lowest BCUT2D eigenvalue weighted by Crippen LogP contribution is -2.26. The summed E-state index contributed by atoms with van der Waals surface area (Å²) in [6, 6.07) is 9.27. The van der Waals surface area contributed by atoms with Crippen molar-refractivity contribution < 1.29 is 4.74 Å². The van der Waals surface area contributed by atoms with Gasteiger partial charge in [0.1, 0.15) is 5.75 Å². The summed E-state index contributed by atoms with van der Waals surface area (Å²) in [5.41, 5.74) is 1.35. The van der Waals surface area contributed by atoms with Crippen LogP contribution in [0.15, 0.2) is 24.3 Å². The Hall–Kier alpha value is -0.670. The minimum Gasteiger partial charge on any atom is -0.494 e. The van der Waals surface area contributed by atoms with Gasteiger partial charge in [0.2, 0.25) is 0 Å². The van der Waals surface area contributed by atoms with E-state index in [9.17, 15) is 0 Å². The summed E-state index contributed by atoms with van der Waals surface area (Å²) in [5, 5.41) is 4.55. The largest absolute Gasteiger partial charge is 0.494 e. The number of thioether (sulfide) groups is 1. The van der Waals surface area contributed by atoms with Gasteiger partial charge in [-0.25, -0.2) is 0 Å². The number of benzene rings is 1. The van der Waals surface area contributed by atoms with E-state index in [1.165, 1.54) is 37.7 Å². The second kappa shape index (κ2) is 9.37. The second-order valence-electron chi connectivity index (χ2n) is 5.95. The van der Waals surface area contributed by atoms with Gasteiger partial charge in [0, 0.05) is 17.8 Å². The molecule has 0 bridgehead atoms. The topological polar surface area (TPSA) is 21.3 Å². The minimum absolute atomic E-state index is 0.701. The van der Waals surface area contributed by atoms with Crippen molar-refractivity contribution in [3.63, 3.8) is 0 Å². The van der Waals surface area contributed by atoms with Crippen molar-refractivity contribution in [3.8, 4) is 5.75 Å². The van der Waals surface area contributed by atoms with Crippen molar-refractivity contribution in [2.45, 2.75) is 63.3 Å². The molecule has 1 aliphatic rings. The van der Waals surface area contributed by atoms with E-state index in [4.69, 9.17) is 4.74 Å². The normalized spacial score (nSPS) is 21.6. The van der Waals surface area contributed by atoms with Crippen LogP contribution in [0.25, 0.3) is 0 Å². The molecule has 1 fully saturated rings. The zero-order valence-electron chi connectivity index (χ0n) is 13.4. The molecule has 1 aromatic carbocycles. The predicted octanol–water partition coefficient (Wildman–Crippen LogP) is 4.63. The summed E-state index contributed by atoms with van der Waals surface area (Å²) in [6.07, 6.45) is 9.88. The van der Waals surface area contributed by atoms with Crippen LogP contribution in [-0.4, -0.2) is 24.2 Å². The number of unbranched alkanes of at least 4 members (excludes halogenated alkanes) is 2. The van der Waals surface area contributed by atoms with Gasteiger partial charge >= 0.3 is 0 Å². The Kier molecular flexibility index (Phi) is 7.45. The molecule has 2 nitrogen and oxygen atoms in total. The molecule has 2 rings (SSSR count). The van der Waals surface area contributed by atoms with Gasteiger partial charge in [-0.1, -0.05) is 31.9 Å². The first-order valence-electron chi connectivity index (χ1n) is 8.29. The van der Waals surface area contributed by atoms with Crippen molar-refractivity contribution in [2.75, 3.05) is 12.9 Å². The fourth-order valence-electron chi connectivity index (χ4n) is 2.85. The SMILES string of the molecule is CCCCCOc1ccc(CNC2CCC(SC)C2)cc1. The average molecular weight is 308 g/mol. The van der Waals surface area contributed by atoms with Crippen LogP contribution in [0, 0.1) is 0 Å². The van der Waals surface area contributed by atoms with Gasteiger partial charge in [-0.3, -0.25) is 0 Å². The van der Waals surface area contributed by atoms with Crippen LogP contribution in [-0.2, 0) is 6.54 Å². The zero-order chi connectivity index (χ0) is 14.9. The van der Waals surface area contributed by atoms with Crippen LogP contribution in [0.5, 0.6) is 5.75 Å². The summed E-state index contributed by atoms with van der Waals surface area (Å²) in [5.74, 6) is 0.998. The number of hydrogen-bond donors (Lipinski definition) is 1. The highest BCUT2D eigenvalue weighted by Crippen LogP contribution is 2.28.